The first kappa shape index (κ1) is 49.5. The van der Waals surface area contributed by atoms with Crippen molar-refractivity contribution < 1.29 is 48.3 Å². The predicted molar refractivity (Wildman–Crippen MR) is 212 cm³/mol. The van der Waals surface area contributed by atoms with Crippen LogP contribution in [0, 0.1) is 5.41 Å². The van der Waals surface area contributed by atoms with Gasteiger partial charge in [-0.25, -0.2) is 0 Å². The number of nitrogens with two attached hydrogens (primary N) is 2. The molecule has 25 heteroatoms. The largest absolute Gasteiger partial charge is 0.481 e. The maximum atomic E-state index is 13.5. The number of carboxylic acid groups (broad SMARTS) is 1. The smallest absolute Gasteiger partial charge is 0.305 e. The summed E-state index contributed by atoms with van der Waals surface area (Å²) in [6.45, 7) is 3.67. The fourth-order valence-electron chi connectivity index (χ4n) is 5.20. The van der Waals surface area contributed by atoms with Crippen molar-refractivity contribution in [1.82, 2.24) is 47.4 Å². The van der Waals surface area contributed by atoms with Crippen LogP contribution in [0.2, 0.25) is 0 Å². The second-order valence-electron chi connectivity index (χ2n) is 12.4. The monoisotopic (exact) mass is 850 g/mol. The minimum atomic E-state index is -1.62. The second kappa shape index (κ2) is 26.4. The molecule has 1 fully saturated rings. The number of nitrogens with zero attached hydrogens (tertiary/aromatic N) is 1. The highest BCUT2D eigenvalue weighted by Gasteiger charge is 2.37. The number of likely N-dealkylation sites (tertiary alicyclic amines) is 1. The van der Waals surface area contributed by atoms with Crippen molar-refractivity contribution in [3.05, 3.63) is 0 Å². The zero-order valence-corrected chi connectivity index (χ0v) is 34.0. The molecule has 56 heavy (non-hydrogen) atoms. The molecule has 0 saturated carbocycles. The van der Waals surface area contributed by atoms with Gasteiger partial charge in [0.1, 0.15) is 36.3 Å². The van der Waals surface area contributed by atoms with Gasteiger partial charge < -0.3 is 64.0 Å². The molecule has 0 aromatic carbocycles. The minimum absolute atomic E-state index is 0.0262. The Morgan fingerprint density at radius 2 is 1.43 bits per heavy atom. The molecule has 1 rings (SSSR count). The summed E-state index contributed by atoms with van der Waals surface area (Å²) in [6, 6.07) is -7.37. The summed E-state index contributed by atoms with van der Waals surface area (Å²) in [5, 5.41) is 37.0. The zero-order valence-electron chi connectivity index (χ0n) is 31.4. The lowest BCUT2D eigenvalue weighted by Gasteiger charge is -2.26. The summed E-state index contributed by atoms with van der Waals surface area (Å²) in [5.41, 5.74) is 10.8. The number of hydrogen-bond donors (Lipinski definition) is 13. The molecule has 0 spiro atoms. The summed E-state index contributed by atoms with van der Waals surface area (Å²) in [4.78, 5) is 115. The van der Waals surface area contributed by atoms with Gasteiger partial charge in [-0.3, -0.25) is 48.6 Å². The quantitative estimate of drug-likeness (QED) is 0.0128. The SMILES string of the molecule is CCNC(=O)C(CCCNC(=N)N)NC(=O)C(CSSCC(NC(=O)C(CC(=O)O)NC(=O)C1CCCN1C(=O)CNC)C(N)=O)NC(=O)C(CS)NC(C)=O. The van der Waals surface area contributed by atoms with Crippen LogP contribution in [-0.2, 0) is 43.2 Å². The number of rotatable bonds is 26. The number of carbonyl (C=O) groups is 9. The average molecular weight is 851 g/mol. The van der Waals surface area contributed by atoms with E-state index in [4.69, 9.17) is 16.9 Å². The van der Waals surface area contributed by atoms with Crippen LogP contribution in [0.5, 0.6) is 0 Å². The topological polar surface area (TPSA) is 349 Å². The Hall–Kier alpha value is -4.49. The first-order valence-corrected chi connectivity index (χ1v) is 20.7. The lowest BCUT2D eigenvalue weighted by atomic mass is 10.1. The first-order chi connectivity index (χ1) is 26.4. The van der Waals surface area contributed by atoms with Crippen molar-refractivity contribution in [3.8, 4) is 0 Å². The number of nitrogens with one attached hydrogen (secondary N) is 9. The summed E-state index contributed by atoms with van der Waals surface area (Å²) in [6.07, 6.45) is 0.457. The molecule has 1 heterocycles. The number of aliphatic carboxylic acids is 1. The molecule has 0 bridgehead atoms. The Morgan fingerprint density at radius 3 is 1.98 bits per heavy atom. The Labute approximate surface area is 337 Å². The fraction of sp³-hybridized carbons (Fsp3) is 0.677. The van der Waals surface area contributed by atoms with Gasteiger partial charge in [-0.2, -0.15) is 12.6 Å². The highest BCUT2D eigenvalue weighted by atomic mass is 33.1. The average Bonchev–Trinajstić information content (AvgIpc) is 3.62. The van der Waals surface area contributed by atoms with Crippen LogP contribution in [0.4, 0.5) is 0 Å². The second-order valence-corrected chi connectivity index (χ2v) is 15.3. The number of thiol groups is 1. The lowest BCUT2D eigenvalue weighted by molar-refractivity contribution is -0.142. The van der Waals surface area contributed by atoms with Gasteiger partial charge in [0, 0.05) is 43.8 Å². The lowest BCUT2D eigenvalue weighted by Crippen LogP contribution is -2.58. The van der Waals surface area contributed by atoms with Crippen molar-refractivity contribution >= 4 is 93.4 Å². The van der Waals surface area contributed by atoms with E-state index in [2.05, 4.69) is 55.2 Å². The van der Waals surface area contributed by atoms with Crippen molar-refractivity contribution in [3.63, 3.8) is 0 Å². The number of amides is 8. The zero-order chi connectivity index (χ0) is 42.4. The van der Waals surface area contributed by atoms with Crippen molar-refractivity contribution in [2.24, 2.45) is 11.5 Å². The van der Waals surface area contributed by atoms with E-state index >= 15 is 0 Å². The molecule has 316 valence electrons. The maximum Gasteiger partial charge on any atom is 0.305 e. The first-order valence-electron chi connectivity index (χ1n) is 17.6. The standard InChI is InChI=1S/C31H54N12O10S3/c1-4-36-26(49)17(7-5-9-37-31(33)34)39-29(52)21(42-28(51)19(13-54)38-16(2)44)15-56-55-14-20(25(32)48)41-27(50)18(11-24(46)47)40-30(53)22-8-6-10-43(22)23(45)12-35-3/h17-22,35,54H,4-15H2,1-3H3,(H2,32,48)(H,36,49)(H,38,44)(H,39,52)(H,40,53)(H,41,50)(H,42,51)(H,46,47)(H4,33,34,37). The summed E-state index contributed by atoms with van der Waals surface area (Å²) < 4.78 is 0. The van der Waals surface area contributed by atoms with Crippen molar-refractivity contribution in [1.29, 1.82) is 5.41 Å². The van der Waals surface area contributed by atoms with E-state index in [-0.39, 0.29) is 55.2 Å². The van der Waals surface area contributed by atoms with E-state index in [1.807, 2.05) is 0 Å². The molecule has 14 N–H and O–H groups in total. The molecule has 0 radical (unpaired) electrons. The number of guanidine groups is 1. The van der Waals surface area contributed by atoms with Crippen LogP contribution in [-0.4, -0.2) is 156 Å². The molecule has 0 aromatic heterocycles. The molecule has 0 aliphatic carbocycles. The van der Waals surface area contributed by atoms with Crippen LogP contribution in [0.1, 0.15) is 46.0 Å². The number of carboxylic acids is 1. The Bertz CT molecular complexity index is 1430. The van der Waals surface area contributed by atoms with E-state index < -0.39 is 90.0 Å². The Kier molecular flexibility index (Phi) is 23.3. The van der Waals surface area contributed by atoms with Gasteiger partial charge in [0.2, 0.25) is 47.3 Å². The number of carbonyl (C=O) groups excluding carboxylic acids is 8. The van der Waals surface area contributed by atoms with Gasteiger partial charge in [-0.15, -0.1) is 0 Å². The third-order valence-corrected chi connectivity index (χ3v) is 10.7. The number of hydrogen-bond acceptors (Lipinski definition) is 14. The molecule has 6 atom stereocenters. The highest BCUT2D eigenvalue weighted by Crippen LogP contribution is 2.24. The molecule has 1 aliphatic heterocycles. The third-order valence-electron chi connectivity index (χ3n) is 7.91. The Morgan fingerprint density at radius 1 is 0.839 bits per heavy atom. The highest BCUT2D eigenvalue weighted by molar-refractivity contribution is 8.76. The van der Waals surface area contributed by atoms with E-state index in [0.29, 0.717) is 25.8 Å². The van der Waals surface area contributed by atoms with Gasteiger partial charge in [-0.1, -0.05) is 21.6 Å². The van der Waals surface area contributed by atoms with Gasteiger partial charge in [0.25, 0.3) is 0 Å². The van der Waals surface area contributed by atoms with Crippen LogP contribution >= 0.6 is 34.2 Å². The van der Waals surface area contributed by atoms with E-state index in [1.165, 1.54) is 11.8 Å². The summed E-state index contributed by atoms with van der Waals surface area (Å²) in [7, 11) is 3.51. The van der Waals surface area contributed by atoms with Crippen molar-refractivity contribution in [2.75, 3.05) is 50.5 Å². The maximum absolute atomic E-state index is 13.5. The molecule has 22 nitrogen and oxygen atoms in total. The third kappa shape index (κ3) is 18.4. The number of likely N-dealkylation sites (N-methyl/N-ethyl adjacent to an activating group) is 2. The van der Waals surface area contributed by atoms with E-state index in [0.717, 1.165) is 21.6 Å². The van der Waals surface area contributed by atoms with Crippen LogP contribution < -0.4 is 54.0 Å². The molecule has 0 aromatic rings. The van der Waals surface area contributed by atoms with Crippen LogP contribution in [0.15, 0.2) is 0 Å². The molecule has 1 aliphatic rings. The van der Waals surface area contributed by atoms with E-state index in [9.17, 15) is 48.3 Å². The van der Waals surface area contributed by atoms with E-state index in [1.54, 1.807) is 14.0 Å². The van der Waals surface area contributed by atoms with Crippen molar-refractivity contribution in [2.45, 2.75) is 82.2 Å². The molecule has 1 saturated heterocycles. The minimum Gasteiger partial charge on any atom is -0.481 e. The summed E-state index contributed by atoms with van der Waals surface area (Å²) >= 11 is 4.10. The van der Waals surface area contributed by atoms with Crippen LogP contribution in [0.25, 0.3) is 0 Å². The molecule has 6 unspecified atom stereocenters. The van der Waals surface area contributed by atoms with Gasteiger partial charge in [-0.05, 0) is 39.7 Å². The predicted octanol–water partition coefficient (Wildman–Crippen LogP) is -4.69. The van der Waals surface area contributed by atoms with Crippen LogP contribution in [0.3, 0.4) is 0 Å². The number of primary amides is 1. The fourth-order valence-corrected chi connectivity index (χ4v) is 7.80. The molecular weight excluding hydrogens is 797 g/mol. The van der Waals surface area contributed by atoms with Gasteiger partial charge in [0.15, 0.2) is 5.96 Å². The molecular formula is C31H54N12O10S3. The molecule has 8 amide bonds. The Balaban J connectivity index is 3.08. The normalized spacial score (nSPS) is 16.1. The summed E-state index contributed by atoms with van der Waals surface area (Å²) in [5.74, 6) is -7.78. The van der Waals surface area contributed by atoms with Gasteiger partial charge in [0.05, 0.1) is 13.0 Å². The van der Waals surface area contributed by atoms with Gasteiger partial charge >= 0.3 is 5.97 Å².